The SMILES string of the molecule is CCCCCCCCCCCCCCCCCCC[n+]1ccn(CCCCCC)c1-c1n(CCCCCC)cc[n+]1CCCCCCCCCCCCCCCCCC. The fourth-order valence-electron chi connectivity index (χ4n) is 9.42. The Kier molecular flexibility index (Phi) is 36.8. The molecule has 0 bridgehead atoms. The normalized spacial score (nSPS) is 11.7. The van der Waals surface area contributed by atoms with Crippen molar-refractivity contribution in [2.24, 2.45) is 0 Å². The van der Waals surface area contributed by atoms with Crippen molar-refractivity contribution in [1.82, 2.24) is 9.13 Å². The minimum atomic E-state index is 1.14. The molecule has 0 atom stereocenters. The van der Waals surface area contributed by atoms with Crippen molar-refractivity contribution in [2.75, 3.05) is 0 Å². The Bertz CT molecular complexity index is 1150. The van der Waals surface area contributed by atoms with Crippen LogP contribution >= 0.6 is 0 Å². The molecule has 344 valence electrons. The van der Waals surface area contributed by atoms with Crippen LogP contribution in [-0.4, -0.2) is 9.13 Å². The van der Waals surface area contributed by atoms with Gasteiger partial charge in [-0.1, -0.05) is 240 Å². The molecule has 59 heavy (non-hydrogen) atoms. The van der Waals surface area contributed by atoms with Gasteiger partial charge < -0.3 is 0 Å². The number of hydrogen-bond donors (Lipinski definition) is 0. The van der Waals surface area contributed by atoms with E-state index in [1.807, 2.05) is 0 Å². The van der Waals surface area contributed by atoms with Gasteiger partial charge in [0.25, 0.3) is 0 Å². The van der Waals surface area contributed by atoms with Gasteiger partial charge in [-0.2, -0.15) is 0 Å². The molecule has 0 aromatic carbocycles. The minimum absolute atomic E-state index is 1.14. The monoisotopic (exact) mass is 823 g/mol. The van der Waals surface area contributed by atoms with E-state index in [0.717, 1.165) is 26.2 Å². The zero-order chi connectivity index (χ0) is 42.1. The summed E-state index contributed by atoms with van der Waals surface area (Å²) < 4.78 is 10.6. The van der Waals surface area contributed by atoms with Crippen LogP contribution in [0.15, 0.2) is 24.8 Å². The first-order valence-corrected chi connectivity index (χ1v) is 27.4. The van der Waals surface area contributed by atoms with Crippen LogP contribution < -0.4 is 9.13 Å². The van der Waals surface area contributed by atoms with Gasteiger partial charge in [-0.05, 0) is 51.4 Å². The average molecular weight is 823 g/mol. The lowest BCUT2D eigenvalue weighted by molar-refractivity contribution is -0.715. The molecule has 0 saturated carbocycles. The molecule has 0 radical (unpaired) electrons. The fourth-order valence-corrected chi connectivity index (χ4v) is 9.42. The highest BCUT2D eigenvalue weighted by molar-refractivity contribution is 5.36. The molecule has 0 unspecified atom stereocenters. The third kappa shape index (κ3) is 27.9. The van der Waals surface area contributed by atoms with Crippen LogP contribution in [0, 0.1) is 0 Å². The lowest BCUT2D eigenvalue weighted by Crippen LogP contribution is -2.43. The number of rotatable bonds is 46. The first kappa shape index (κ1) is 53.6. The second-order valence-electron chi connectivity index (χ2n) is 19.1. The molecule has 0 aliphatic heterocycles. The smallest absolute Gasteiger partial charge is 0.223 e. The van der Waals surface area contributed by atoms with E-state index >= 15 is 0 Å². The molecule has 0 aliphatic rings. The van der Waals surface area contributed by atoms with Crippen LogP contribution in [0.5, 0.6) is 0 Å². The summed E-state index contributed by atoms with van der Waals surface area (Å²) in [5.41, 5.74) is 0. The molecule has 0 amide bonds. The number of unbranched alkanes of at least 4 members (excludes halogenated alkanes) is 37. The Morgan fingerprint density at radius 1 is 0.271 bits per heavy atom. The van der Waals surface area contributed by atoms with E-state index in [4.69, 9.17) is 0 Å². The van der Waals surface area contributed by atoms with Crippen LogP contribution in [-0.2, 0) is 26.2 Å². The predicted molar refractivity (Wildman–Crippen MR) is 260 cm³/mol. The average Bonchev–Trinajstić information content (AvgIpc) is 3.84. The minimum Gasteiger partial charge on any atom is -0.223 e. The van der Waals surface area contributed by atoms with E-state index in [1.54, 1.807) is 0 Å². The highest BCUT2D eigenvalue weighted by atomic mass is 15.2. The Hall–Kier alpha value is -1.58. The molecule has 0 aliphatic carbocycles. The van der Waals surface area contributed by atoms with Crippen molar-refractivity contribution < 1.29 is 9.13 Å². The summed E-state index contributed by atoms with van der Waals surface area (Å²) >= 11 is 0. The third-order valence-corrected chi connectivity index (χ3v) is 13.4. The van der Waals surface area contributed by atoms with Crippen LogP contribution in [0.3, 0.4) is 0 Å². The van der Waals surface area contributed by atoms with Gasteiger partial charge in [0.15, 0.2) is 0 Å². The standard InChI is InChI=1S/C55H106N4/c1-5-9-13-17-19-21-23-25-27-29-31-33-35-37-39-41-45-49-59-53-51-57(47-43-16-12-8-4)55(59)54-56(46-42-15-11-7-3)50-52-58(54)48-44-40-38-36-34-32-30-28-26-24-22-20-18-14-10-6-2/h50-53H,5-49H2,1-4H3/q+2. The molecule has 2 aromatic heterocycles. The second-order valence-corrected chi connectivity index (χ2v) is 19.1. The summed E-state index contributed by atoms with van der Waals surface area (Å²) in [6.07, 6.45) is 67.5. The van der Waals surface area contributed by atoms with Gasteiger partial charge >= 0.3 is 11.6 Å². The van der Waals surface area contributed by atoms with Crippen LogP contribution in [0.2, 0.25) is 0 Å². The number of imidazole rings is 2. The van der Waals surface area contributed by atoms with Gasteiger partial charge in [-0.15, -0.1) is 0 Å². The summed E-state index contributed by atoms with van der Waals surface area (Å²) in [5.74, 6) is 2.94. The molecule has 4 nitrogen and oxygen atoms in total. The van der Waals surface area contributed by atoms with Gasteiger partial charge in [-0.25, -0.2) is 18.3 Å². The van der Waals surface area contributed by atoms with E-state index < -0.39 is 0 Å². The number of nitrogens with zero attached hydrogens (tertiary/aromatic N) is 4. The molecule has 0 saturated heterocycles. The summed E-state index contributed by atoms with van der Waals surface area (Å²) in [6.45, 7) is 13.9. The predicted octanol–water partition coefficient (Wildman–Crippen LogP) is 17.6. The lowest BCUT2D eigenvalue weighted by Gasteiger charge is -2.08. The van der Waals surface area contributed by atoms with Gasteiger partial charge in [0.2, 0.25) is 0 Å². The fraction of sp³-hybridized carbons (Fsp3) is 0.891. The van der Waals surface area contributed by atoms with Crippen LogP contribution in [0.4, 0.5) is 0 Å². The van der Waals surface area contributed by atoms with Crippen molar-refractivity contribution >= 4 is 0 Å². The molecule has 2 aromatic rings. The molecular formula is C55H106N4+2. The molecule has 0 N–H and O–H groups in total. The van der Waals surface area contributed by atoms with Gasteiger partial charge in [-0.3, -0.25) is 0 Å². The van der Waals surface area contributed by atoms with Crippen molar-refractivity contribution in [1.29, 1.82) is 0 Å². The number of hydrogen-bond acceptors (Lipinski definition) is 0. The molecule has 0 fully saturated rings. The Balaban J connectivity index is 1.82. The van der Waals surface area contributed by atoms with E-state index in [9.17, 15) is 0 Å². The van der Waals surface area contributed by atoms with Crippen LogP contribution in [0.1, 0.15) is 291 Å². The zero-order valence-corrected chi connectivity index (χ0v) is 40.9. The summed E-state index contributed by atoms with van der Waals surface area (Å²) in [6, 6.07) is 0. The topological polar surface area (TPSA) is 17.6 Å². The quantitative estimate of drug-likeness (QED) is 0.0468. The molecule has 0 spiro atoms. The van der Waals surface area contributed by atoms with Gasteiger partial charge in [0.05, 0.1) is 26.2 Å². The highest BCUT2D eigenvalue weighted by Crippen LogP contribution is 2.20. The Morgan fingerprint density at radius 2 is 0.475 bits per heavy atom. The molecule has 4 heteroatoms. The molecule has 2 heterocycles. The molecule has 2 rings (SSSR count). The highest BCUT2D eigenvalue weighted by Gasteiger charge is 2.32. The van der Waals surface area contributed by atoms with Crippen molar-refractivity contribution in [3.05, 3.63) is 24.8 Å². The maximum Gasteiger partial charge on any atom is 0.373 e. The van der Waals surface area contributed by atoms with E-state index in [2.05, 4.69) is 70.8 Å². The van der Waals surface area contributed by atoms with Gasteiger partial charge in [0, 0.05) is 0 Å². The van der Waals surface area contributed by atoms with Crippen molar-refractivity contribution in [2.45, 2.75) is 317 Å². The third-order valence-electron chi connectivity index (χ3n) is 13.4. The summed E-state index contributed by atoms with van der Waals surface area (Å²) in [7, 11) is 0. The molecular weight excluding hydrogens is 717 g/mol. The van der Waals surface area contributed by atoms with E-state index in [-0.39, 0.29) is 0 Å². The first-order valence-electron chi connectivity index (χ1n) is 27.4. The second kappa shape index (κ2) is 40.5. The van der Waals surface area contributed by atoms with E-state index in [0.29, 0.717) is 0 Å². The van der Waals surface area contributed by atoms with Crippen molar-refractivity contribution in [3.63, 3.8) is 0 Å². The van der Waals surface area contributed by atoms with Gasteiger partial charge in [0.1, 0.15) is 24.8 Å². The maximum absolute atomic E-state index is 2.65. The Morgan fingerprint density at radius 3 is 0.712 bits per heavy atom. The van der Waals surface area contributed by atoms with Crippen molar-refractivity contribution in [3.8, 4) is 11.6 Å². The zero-order valence-electron chi connectivity index (χ0n) is 40.9. The summed E-state index contributed by atoms with van der Waals surface area (Å²) in [5, 5.41) is 0. The largest absolute Gasteiger partial charge is 0.373 e. The van der Waals surface area contributed by atoms with E-state index in [1.165, 1.54) is 275 Å². The Labute approximate surface area is 370 Å². The maximum atomic E-state index is 2.65. The lowest BCUT2D eigenvalue weighted by atomic mass is 10.0. The summed E-state index contributed by atoms with van der Waals surface area (Å²) in [4.78, 5) is 0. The first-order chi connectivity index (χ1) is 29.3. The number of aryl methyl sites for hydroxylation is 4. The van der Waals surface area contributed by atoms with Crippen LogP contribution in [0.25, 0.3) is 11.6 Å². The number of aromatic nitrogens is 4.